The van der Waals surface area contributed by atoms with Crippen LogP contribution in [0.3, 0.4) is 0 Å². The summed E-state index contributed by atoms with van der Waals surface area (Å²) < 4.78 is 6.80. The van der Waals surface area contributed by atoms with E-state index in [1.165, 1.54) is 0 Å². The van der Waals surface area contributed by atoms with Crippen LogP contribution in [0.1, 0.15) is 12.6 Å². The number of H-pyrrole nitrogens is 1. The van der Waals surface area contributed by atoms with Gasteiger partial charge in [0.25, 0.3) is 5.56 Å². The van der Waals surface area contributed by atoms with Crippen LogP contribution < -0.4 is 15.7 Å². The summed E-state index contributed by atoms with van der Waals surface area (Å²) in [4.78, 5) is 30.3. The van der Waals surface area contributed by atoms with Crippen molar-refractivity contribution in [1.82, 2.24) is 14.5 Å². The third kappa shape index (κ3) is 2.25. The predicted molar refractivity (Wildman–Crippen MR) is 75.7 cm³/mol. The highest BCUT2D eigenvalue weighted by molar-refractivity contribution is 7.16. The second-order valence-corrected chi connectivity index (χ2v) is 5.65. The van der Waals surface area contributed by atoms with Gasteiger partial charge in [0.2, 0.25) is 5.95 Å². The maximum absolute atomic E-state index is 12.1. The van der Waals surface area contributed by atoms with Crippen LogP contribution in [0.4, 0.5) is 5.95 Å². The number of aliphatic hydroxyl groups excluding tert-OH is 2. The molecule has 0 aliphatic carbocycles. The lowest BCUT2D eigenvalue weighted by atomic mass is 10.2. The quantitative estimate of drug-likeness (QED) is 0.561. The van der Waals surface area contributed by atoms with Crippen molar-refractivity contribution in [3.8, 4) is 0 Å². The van der Waals surface area contributed by atoms with E-state index in [0.717, 1.165) is 15.9 Å². The first-order valence-electron chi connectivity index (χ1n) is 6.32. The number of rotatable bonds is 3. The first kappa shape index (κ1) is 14.2. The molecule has 0 aromatic carbocycles. The molecule has 3 atom stereocenters. The van der Waals surface area contributed by atoms with Crippen LogP contribution >= 0.6 is 11.3 Å². The molecule has 9 nitrogen and oxygen atoms in total. The molecule has 0 radical (unpaired) electrons. The molecule has 3 heterocycles. The van der Waals surface area contributed by atoms with E-state index in [1.807, 2.05) is 0 Å². The number of thiazole rings is 1. The van der Waals surface area contributed by atoms with Gasteiger partial charge in [0.05, 0.1) is 12.7 Å². The molecule has 114 valence electrons. The molecule has 3 rings (SSSR count). The van der Waals surface area contributed by atoms with Crippen LogP contribution in [0.15, 0.2) is 9.59 Å². The van der Waals surface area contributed by atoms with Gasteiger partial charge in [0.1, 0.15) is 10.8 Å². The maximum atomic E-state index is 12.1. The second kappa shape index (κ2) is 5.22. The molecule has 1 aliphatic rings. The van der Waals surface area contributed by atoms with E-state index >= 15 is 0 Å². The Labute approximate surface area is 121 Å². The molecule has 10 heteroatoms. The lowest BCUT2D eigenvalue weighted by Crippen LogP contribution is -2.27. The van der Waals surface area contributed by atoms with Gasteiger partial charge in [-0.05, 0) is 0 Å². The molecule has 0 unspecified atom stereocenters. The number of aromatic nitrogens is 3. The van der Waals surface area contributed by atoms with E-state index in [9.17, 15) is 14.7 Å². The average molecular weight is 314 g/mol. The Balaban J connectivity index is 2.18. The molecule has 0 spiro atoms. The monoisotopic (exact) mass is 314 g/mol. The third-order valence-electron chi connectivity index (χ3n) is 3.33. The number of hydrogen-bond donors (Lipinski definition) is 4. The Kier molecular flexibility index (Phi) is 3.53. The summed E-state index contributed by atoms with van der Waals surface area (Å²) in [6.45, 7) is -0.250. The zero-order valence-electron chi connectivity index (χ0n) is 11.1. The molecule has 0 saturated carbocycles. The number of anilines is 1. The molecule has 1 fully saturated rings. The number of fused-ring (bicyclic) bond motifs is 1. The standard InChI is InChI=1S/C11H14N4O5S/c1-12-10-13-7-6(8(18)14-10)21-11(19)15(7)9-5(17)2-4(3-16)20-9/h4-5,9,16-17H,2-3H2,1H3,(H2,12,13,14,18)/t4-,5+,9+/m0/s1. The summed E-state index contributed by atoms with van der Waals surface area (Å²) in [7, 11) is 1.58. The van der Waals surface area contributed by atoms with Crippen LogP contribution in [-0.2, 0) is 4.74 Å². The smallest absolute Gasteiger partial charge is 0.311 e. The molecule has 0 bridgehead atoms. The normalized spacial score (nSPS) is 25.6. The second-order valence-electron chi connectivity index (χ2n) is 4.69. The fraction of sp³-hybridized carbons (Fsp3) is 0.545. The third-order valence-corrected chi connectivity index (χ3v) is 4.28. The lowest BCUT2D eigenvalue weighted by molar-refractivity contribution is -0.0495. The minimum atomic E-state index is -0.956. The molecule has 1 aliphatic heterocycles. The van der Waals surface area contributed by atoms with E-state index in [2.05, 4.69) is 15.3 Å². The van der Waals surface area contributed by atoms with Gasteiger partial charge in [-0.1, -0.05) is 11.3 Å². The summed E-state index contributed by atoms with van der Waals surface area (Å²) in [5, 5.41) is 21.8. The van der Waals surface area contributed by atoms with Crippen molar-refractivity contribution in [3.05, 3.63) is 20.0 Å². The van der Waals surface area contributed by atoms with Crippen molar-refractivity contribution in [2.45, 2.75) is 24.9 Å². The summed E-state index contributed by atoms with van der Waals surface area (Å²) in [5.74, 6) is 0.213. The van der Waals surface area contributed by atoms with Crippen molar-refractivity contribution in [3.63, 3.8) is 0 Å². The van der Waals surface area contributed by atoms with Gasteiger partial charge >= 0.3 is 4.87 Å². The van der Waals surface area contributed by atoms with Gasteiger partial charge in [0, 0.05) is 13.5 Å². The molecular weight excluding hydrogens is 300 g/mol. The Morgan fingerprint density at radius 1 is 1.57 bits per heavy atom. The van der Waals surface area contributed by atoms with E-state index < -0.39 is 28.9 Å². The lowest BCUT2D eigenvalue weighted by Gasteiger charge is -2.15. The van der Waals surface area contributed by atoms with Crippen molar-refractivity contribution >= 4 is 27.6 Å². The number of nitrogens with one attached hydrogen (secondary N) is 2. The van der Waals surface area contributed by atoms with E-state index in [1.54, 1.807) is 7.05 Å². The van der Waals surface area contributed by atoms with E-state index in [4.69, 9.17) is 9.84 Å². The molecule has 2 aromatic rings. The predicted octanol–water partition coefficient (Wildman–Crippen LogP) is -1.17. The number of hydrogen-bond acceptors (Lipinski definition) is 8. The number of ether oxygens (including phenoxy) is 1. The minimum absolute atomic E-state index is 0.153. The fourth-order valence-electron chi connectivity index (χ4n) is 2.35. The van der Waals surface area contributed by atoms with Crippen LogP contribution in [0.5, 0.6) is 0 Å². The van der Waals surface area contributed by atoms with Crippen LogP contribution in [0, 0.1) is 0 Å². The van der Waals surface area contributed by atoms with Gasteiger partial charge in [0.15, 0.2) is 11.9 Å². The number of nitrogens with zero attached hydrogens (tertiary/aromatic N) is 2. The highest BCUT2D eigenvalue weighted by Gasteiger charge is 2.37. The molecule has 4 N–H and O–H groups in total. The molecule has 2 aromatic heterocycles. The van der Waals surface area contributed by atoms with Crippen LogP contribution in [0.25, 0.3) is 10.3 Å². The highest BCUT2D eigenvalue weighted by atomic mass is 32.1. The zero-order chi connectivity index (χ0) is 15.1. The zero-order valence-corrected chi connectivity index (χ0v) is 11.9. The van der Waals surface area contributed by atoms with E-state index in [-0.39, 0.29) is 29.3 Å². The molecule has 0 amide bonds. The van der Waals surface area contributed by atoms with Gasteiger partial charge in [-0.15, -0.1) is 0 Å². The minimum Gasteiger partial charge on any atom is -0.394 e. The van der Waals surface area contributed by atoms with Crippen LogP contribution in [-0.4, -0.2) is 50.6 Å². The van der Waals surface area contributed by atoms with Crippen molar-refractivity contribution in [1.29, 1.82) is 0 Å². The van der Waals surface area contributed by atoms with Gasteiger partial charge in [-0.3, -0.25) is 19.1 Å². The number of aliphatic hydroxyl groups is 2. The topological polar surface area (TPSA) is 129 Å². The summed E-state index contributed by atoms with van der Waals surface area (Å²) >= 11 is 0.742. The summed E-state index contributed by atoms with van der Waals surface area (Å²) in [6.07, 6.45) is -2.23. The molecule has 1 saturated heterocycles. The van der Waals surface area contributed by atoms with Gasteiger partial charge < -0.3 is 20.3 Å². The van der Waals surface area contributed by atoms with Gasteiger partial charge in [-0.25, -0.2) is 0 Å². The number of aromatic amines is 1. The van der Waals surface area contributed by atoms with E-state index in [0.29, 0.717) is 0 Å². The van der Waals surface area contributed by atoms with Crippen LogP contribution in [0.2, 0.25) is 0 Å². The fourth-order valence-corrected chi connectivity index (χ4v) is 3.19. The van der Waals surface area contributed by atoms with Crippen molar-refractivity contribution < 1.29 is 14.9 Å². The Morgan fingerprint density at radius 3 is 2.95 bits per heavy atom. The summed E-state index contributed by atoms with van der Waals surface area (Å²) in [6, 6.07) is 0. The van der Waals surface area contributed by atoms with Gasteiger partial charge in [-0.2, -0.15) is 4.98 Å². The maximum Gasteiger partial charge on any atom is 0.311 e. The Hall–Kier alpha value is -1.75. The summed E-state index contributed by atoms with van der Waals surface area (Å²) in [5.41, 5.74) is -0.280. The van der Waals surface area contributed by atoms with Crippen molar-refractivity contribution in [2.24, 2.45) is 0 Å². The molecular formula is C11H14N4O5S. The Bertz CT molecular complexity index is 781. The first-order chi connectivity index (χ1) is 10.0. The SMILES string of the molecule is CNc1nc2c(sc(=O)n2[C@@H]2O[C@H](CO)C[C@H]2O)c(=O)[nH]1. The highest BCUT2D eigenvalue weighted by Crippen LogP contribution is 2.30. The van der Waals surface area contributed by atoms with Crippen molar-refractivity contribution in [2.75, 3.05) is 19.0 Å². The average Bonchev–Trinajstić information content (AvgIpc) is 2.98. The molecule has 21 heavy (non-hydrogen) atoms. The Morgan fingerprint density at radius 2 is 2.33 bits per heavy atom. The first-order valence-corrected chi connectivity index (χ1v) is 7.14. The largest absolute Gasteiger partial charge is 0.394 e.